The average Bonchev–Trinajstić information content (AvgIpc) is 2.96. The van der Waals surface area contributed by atoms with Gasteiger partial charge in [0, 0.05) is 25.5 Å². The number of aromatic nitrogens is 1. The van der Waals surface area contributed by atoms with Crippen molar-refractivity contribution >= 4 is 17.3 Å². The fourth-order valence-corrected chi connectivity index (χ4v) is 2.82. The van der Waals surface area contributed by atoms with Gasteiger partial charge < -0.3 is 15.5 Å². The number of likely N-dealkylation sites (N-methyl/N-ethyl adjacent to an activating group) is 1. The monoisotopic (exact) mass is 311 g/mol. The molecule has 0 unspecified atom stereocenters. The number of nitrogens with zero attached hydrogens (tertiary/aromatic N) is 3. The van der Waals surface area contributed by atoms with Crippen LogP contribution in [0.25, 0.3) is 0 Å². The number of aliphatic imine (C=N–C) groups is 1. The molecule has 0 aliphatic heterocycles. The van der Waals surface area contributed by atoms with Crippen LogP contribution in [0.15, 0.2) is 10.4 Å². The topological polar surface area (TPSA) is 52.5 Å². The number of thiazole rings is 1. The number of hydrogen-bond donors (Lipinski definition) is 2. The number of hydrogen-bond acceptors (Lipinski definition) is 4. The van der Waals surface area contributed by atoms with Crippen molar-refractivity contribution in [3.05, 3.63) is 16.1 Å². The number of nitrogens with one attached hydrogen (secondary N) is 2. The largest absolute Gasteiger partial charge is 0.355 e. The molecule has 120 valence electrons. The second-order valence-electron chi connectivity index (χ2n) is 5.20. The molecule has 0 saturated heterocycles. The van der Waals surface area contributed by atoms with Gasteiger partial charge in [0.2, 0.25) is 0 Å². The quantitative estimate of drug-likeness (QED) is 0.571. The summed E-state index contributed by atoms with van der Waals surface area (Å²) >= 11 is 1.70. The number of rotatable bonds is 8. The third kappa shape index (κ3) is 6.44. The Morgan fingerprint density at radius 2 is 2.05 bits per heavy atom. The van der Waals surface area contributed by atoms with Gasteiger partial charge in [-0.1, -0.05) is 27.7 Å². The van der Waals surface area contributed by atoms with Crippen LogP contribution in [-0.2, 0) is 6.54 Å². The molecular weight excluding hydrogens is 282 g/mol. The zero-order valence-corrected chi connectivity index (χ0v) is 14.8. The molecule has 0 aromatic carbocycles. The number of guanidine groups is 1. The Bertz CT molecular complexity index is 423. The van der Waals surface area contributed by atoms with E-state index in [4.69, 9.17) is 0 Å². The summed E-state index contributed by atoms with van der Waals surface area (Å²) < 4.78 is 0. The molecule has 21 heavy (non-hydrogen) atoms. The van der Waals surface area contributed by atoms with Crippen LogP contribution >= 0.6 is 11.3 Å². The molecule has 0 aliphatic rings. The van der Waals surface area contributed by atoms with Crippen LogP contribution in [0.5, 0.6) is 0 Å². The minimum atomic E-state index is 0.488. The van der Waals surface area contributed by atoms with E-state index >= 15 is 0 Å². The molecule has 1 heterocycles. The zero-order chi connectivity index (χ0) is 15.7. The fraction of sp³-hybridized carbons (Fsp3) is 0.733. The normalized spacial score (nSPS) is 12.2. The molecule has 1 aromatic rings. The Labute approximate surface area is 132 Å². The molecule has 0 amide bonds. The SMILES string of the molecule is CCN(CC)CCNC(=NC)NCc1nc(C(C)C)cs1. The molecule has 2 N–H and O–H groups in total. The van der Waals surface area contributed by atoms with Crippen molar-refractivity contribution in [2.45, 2.75) is 40.2 Å². The summed E-state index contributed by atoms with van der Waals surface area (Å²) in [5, 5.41) is 9.90. The summed E-state index contributed by atoms with van der Waals surface area (Å²) in [5.74, 6) is 1.32. The third-order valence-electron chi connectivity index (χ3n) is 3.41. The van der Waals surface area contributed by atoms with E-state index in [1.807, 2.05) is 0 Å². The van der Waals surface area contributed by atoms with Crippen LogP contribution in [0.4, 0.5) is 0 Å². The van der Waals surface area contributed by atoms with Crippen LogP contribution < -0.4 is 10.6 Å². The van der Waals surface area contributed by atoms with Crippen LogP contribution in [-0.4, -0.2) is 49.1 Å². The van der Waals surface area contributed by atoms with Crippen molar-refractivity contribution in [1.82, 2.24) is 20.5 Å². The Hall–Kier alpha value is -1.14. The average molecular weight is 311 g/mol. The van der Waals surface area contributed by atoms with Gasteiger partial charge in [0.25, 0.3) is 0 Å². The van der Waals surface area contributed by atoms with Crippen LogP contribution in [0.3, 0.4) is 0 Å². The van der Waals surface area contributed by atoms with Gasteiger partial charge in [-0.3, -0.25) is 4.99 Å². The molecule has 0 atom stereocenters. The van der Waals surface area contributed by atoms with E-state index in [0.717, 1.165) is 43.7 Å². The molecule has 0 aliphatic carbocycles. The Morgan fingerprint density at radius 1 is 1.33 bits per heavy atom. The van der Waals surface area contributed by atoms with Gasteiger partial charge in [0.05, 0.1) is 12.2 Å². The van der Waals surface area contributed by atoms with Gasteiger partial charge in [-0.15, -0.1) is 11.3 Å². The maximum atomic E-state index is 4.62. The van der Waals surface area contributed by atoms with E-state index in [2.05, 4.69) is 58.6 Å². The molecule has 0 spiro atoms. The smallest absolute Gasteiger partial charge is 0.191 e. The molecule has 0 radical (unpaired) electrons. The third-order valence-corrected chi connectivity index (χ3v) is 4.27. The van der Waals surface area contributed by atoms with E-state index in [1.54, 1.807) is 18.4 Å². The maximum Gasteiger partial charge on any atom is 0.191 e. The predicted molar refractivity (Wildman–Crippen MR) is 92.2 cm³/mol. The molecular formula is C15H29N5S. The lowest BCUT2D eigenvalue weighted by atomic mass is 10.2. The molecule has 6 heteroatoms. The van der Waals surface area contributed by atoms with Gasteiger partial charge in [-0.05, 0) is 19.0 Å². The zero-order valence-electron chi connectivity index (χ0n) is 13.9. The maximum absolute atomic E-state index is 4.62. The highest BCUT2D eigenvalue weighted by Gasteiger charge is 2.06. The van der Waals surface area contributed by atoms with Gasteiger partial charge in [-0.25, -0.2) is 4.98 Å². The lowest BCUT2D eigenvalue weighted by molar-refractivity contribution is 0.308. The Balaban J connectivity index is 2.34. The van der Waals surface area contributed by atoms with Crippen molar-refractivity contribution in [1.29, 1.82) is 0 Å². The van der Waals surface area contributed by atoms with Crippen LogP contribution in [0.1, 0.15) is 44.3 Å². The molecule has 1 aromatic heterocycles. The minimum Gasteiger partial charge on any atom is -0.355 e. The predicted octanol–water partition coefficient (Wildman–Crippen LogP) is 2.27. The van der Waals surface area contributed by atoms with Crippen molar-refractivity contribution < 1.29 is 0 Å². The summed E-state index contributed by atoms with van der Waals surface area (Å²) in [6, 6.07) is 0. The highest BCUT2D eigenvalue weighted by atomic mass is 32.1. The first kappa shape index (κ1) is 17.9. The molecule has 0 fully saturated rings. The summed E-state index contributed by atoms with van der Waals surface area (Å²) in [6.45, 7) is 13.5. The lowest BCUT2D eigenvalue weighted by Crippen LogP contribution is -2.41. The van der Waals surface area contributed by atoms with Crippen molar-refractivity contribution in [3.8, 4) is 0 Å². The molecule has 5 nitrogen and oxygen atoms in total. The Morgan fingerprint density at radius 3 is 2.57 bits per heavy atom. The second kappa shape index (κ2) is 9.73. The van der Waals surface area contributed by atoms with Gasteiger partial charge >= 0.3 is 0 Å². The minimum absolute atomic E-state index is 0.488. The first-order valence-corrected chi connectivity index (χ1v) is 8.59. The molecule has 1 rings (SSSR count). The first-order chi connectivity index (χ1) is 10.1. The van der Waals surface area contributed by atoms with Gasteiger partial charge in [-0.2, -0.15) is 0 Å². The molecule has 0 saturated carbocycles. The summed E-state index contributed by atoms with van der Waals surface area (Å²) in [6.07, 6.45) is 0. The standard InChI is InChI=1S/C15H29N5S/c1-6-20(7-2)9-8-17-15(16-5)18-10-14-19-13(11-21-14)12(3)4/h11-12H,6-10H2,1-5H3,(H2,16,17,18). The summed E-state index contributed by atoms with van der Waals surface area (Å²) in [4.78, 5) is 11.2. The van der Waals surface area contributed by atoms with Crippen LogP contribution in [0.2, 0.25) is 0 Å². The molecule has 0 bridgehead atoms. The summed E-state index contributed by atoms with van der Waals surface area (Å²) in [5.41, 5.74) is 1.17. The Kier molecular flexibility index (Phi) is 8.30. The van der Waals surface area contributed by atoms with Crippen molar-refractivity contribution in [2.75, 3.05) is 33.2 Å². The highest BCUT2D eigenvalue weighted by molar-refractivity contribution is 7.09. The van der Waals surface area contributed by atoms with E-state index < -0.39 is 0 Å². The van der Waals surface area contributed by atoms with E-state index in [0.29, 0.717) is 5.92 Å². The van der Waals surface area contributed by atoms with E-state index in [1.165, 1.54) is 5.69 Å². The van der Waals surface area contributed by atoms with E-state index in [-0.39, 0.29) is 0 Å². The fourth-order valence-electron chi connectivity index (χ4n) is 1.92. The van der Waals surface area contributed by atoms with E-state index in [9.17, 15) is 0 Å². The highest BCUT2D eigenvalue weighted by Crippen LogP contribution is 2.17. The summed E-state index contributed by atoms with van der Waals surface area (Å²) in [7, 11) is 1.80. The second-order valence-corrected chi connectivity index (χ2v) is 6.14. The lowest BCUT2D eigenvalue weighted by Gasteiger charge is -2.19. The van der Waals surface area contributed by atoms with Crippen molar-refractivity contribution in [3.63, 3.8) is 0 Å². The first-order valence-electron chi connectivity index (χ1n) is 7.71. The van der Waals surface area contributed by atoms with Gasteiger partial charge in [0.15, 0.2) is 5.96 Å². The van der Waals surface area contributed by atoms with Gasteiger partial charge in [0.1, 0.15) is 5.01 Å². The van der Waals surface area contributed by atoms with Crippen LogP contribution in [0, 0.1) is 0 Å². The van der Waals surface area contributed by atoms with Crippen molar-refractivity contribution in [2.24, 2.45) is 4.99 Å².